The Labute approximate surface area is 119 Å². The maximum absolute atomic E-state index is 5.90. The maximum atomic E-state index is 5.90. The lowest BCUT2D eigenvalue weighted by atomic mass is 10.2. The molecule has 0 atom stereocenters. The number of nitrogens with two attached hydrogens (primary N) is 1. The minimum atomic E-state index is 0.114. The van der Waals surface area contributed by atoms with E-state index < -0.39 is 0 Å². The van der Waals surface area contributed by atoms with Crippen molar-refractivity contribution in [3.63, 3.8) is 0 Å². The van der Waals surface area contributed by atoms with Crippen molar-refractivity contribution in [2.75, 3.05) is 17.6 Å². The third-order valence-electron chi connectivity index (χ3n) is 2.88. The van der Waals surface area contributed by atoms with Crippen molar-refractivity contribution in [2.24, 2.45) is 7.05 Å². The third kappa shape index (κ3) is 3.91. The zero-order valence-electron chi connectivity index (χ0n) is 12.3. The molecule has 0 bridgehead atoms. The van der Waals surface area contributed by atoms with Crippen LogP contribution >= 0.6 is 0 Å². The van der Waals surface area contributed by atoms with Gasteiger partial charge in [0.15, 0.2) is 0 Å². The smallest absolute Gasteiger partial charge is 0.144 e. The summed E-state index contributed by atoms with van der Waals surface area (Å²) in [5, 5.41) is 7.52. The van der Waals surface area contributed by atoms with Gasteiger partial charge in [-0.05, 0) is 38.0 Å². The van der Waals surface area contributed by atoms with Crippen LogP contribution in [0.15, 0.2) is 30.6 Å². The first-order valence-corrected chi connectivity index (χ1v) is 6.82. The van der Waals surface area contributed by atoms with E-state index >= 15 is 0 Å². The van der Waals surface area contributed by atoms with Gasteiger partial charge in [-0.1, -0.05) is 0 Å². The van der Waals surface area contributed by atoms with Gasteiger partial charge in [-0.2, -0.15) is 5.10 Å². The molecule has 0 saturated heterocycles. The molecular formula is C15H22N4O. The van der Waals surface area contributed by atoms with Crippen LogP contribution in [0.1, 0.15) is 19.4 Å². The molecule has 0 spiro atoms. The Balaban J connectivity index is 1.92. The molecule has 1 aromatic carbocycles. The first-order valence-electron chi connectivity index (χ1n) is 6.82. The quantitative estimate of drug-likeness (QED) is 0.794. The molecule has 0 aliphatic carbocycles. The Morgan fingerprint density at radius 1 is 1.40 bits per heavy atom. The number of ether oxygens (including phenoxy) is 1. The van der Waals surface area contributed by atoms with Gasteiger partial charge >= 0.3 is 0 Å². The van der Waals surface area contributed by atoms with Crippen molar-refractivity contribution in [2.45, 2.75) is 26.4 Å². The van der Waals surface area contributed by atoms with Crippen LogP contribution in [0.4, 0.5) is 11.4 Å². The van der Waals surface area contributed by atoms with Crippen LogP contribution in [-0.4, -0.2) is 22.4 Å². The minimum absolute atomic E-state index is 0.114. The molecule has 0 aliphatic heterocycles. The van der Waals surface area contributed by atoms with Gasteiger partial charge in [-0.3, -0.25) is 4.68 Å². The van der Waals surface area contributed by atoms with E-state index in [1.807, 2.05) is 56.2 Å². The number of aryl methyl sites for hydroxylation is 1. The van der Waals surface area contributed by atoms with Crippen molar-refractivity contribution < 1.29 is 4.74 Å². The second-order valence-electron chi connectivity index (χ2n) is 5.12. The molecule has 0 amide bonds. The van der Waals surface area contributed by atoms with Crippen LogP contribution in [-0.2, 0) is 13.5 Å². The van der Waals surface area contributed by atoms with E-state index in [0.29, 0.717) is 5.69 Å². The van der Waals surface area contributed by atoms with Crippen molar-refractivity contribution in [1.82, 2.24) is 9.78 Å². The van der Waals surface area contributed by atoms with Crippen molar-refractivity contribution in [1.29, 1.82) is 0 Å². The van der Waals surface area contributed by atoms with Crippen LogP contribution in [0, 0.1) is 0 Å². The lowest BCUT2D eigenvalue weighted by Gasteiger charge is -2.14. The predicted octanol–water partition coefficient (Wildman–Crippen LogP) is 2.44. The fraction of sp³-hybridized carbons (Fsp3) is 0.400. The van der Waals surface area contributed by atoms with E-state index in [1.165, 1.54) is 5.56 Å². The average molecular weight is 274 g/mol. The van der Waals surface area contributed by atoms with Gasteiger partial charge in [0.2, 0.25) is 0 Å². The minimum Gasteiger partial charge on any atom is -0.489 e. The molecule has 0 radical (unpaired) electrons. The van der Waals surface area contributed by atoms with E-state index in [2.05, 4.69) is 10.4 Å². The Morgan fingerprint density at radius 3 is 2.85 bits per heavy atom. The lowest BCUT2D eigenvalue weighted by molar-refractivity contribution is 0.244. The Kier molecular flexibility index (Phi) is 4.50. The molecule has 1 aromatic heterocycles. The van der Waals surface area contributed by atoms with Crippen LogP contribution in [0.2, 0.25) is 0 Å². The molecule has 108 valence electrons. The summed E-state index contributed by atoms with van der Waals surface area (Å²) < 4.78 is 7.49. The summed E-state index contributed by atoms with van der Waals surface area (Å²) in [6.07, 6.45) is 4.96. The highest BCUT2D eigenvalue weighted by Crippen LogP contribution is 2.26. The fourth-order valence-corrected chi connectivity index (χ4v) is 1.95. The van der Waals surface area contributed by atoms with E-state index in [9.17, 15) is 0 Å². The van der Waals surface area contributed by atoms with Gasteiger partial charge in [0, 0.05) is 31.5 Å². The molecule has 1 heterocycles. The first kappa shape index (κ1) is 14.2. The number of rotatable bonds is 6. The Morgan fingerprint density at radius 2 is 2.20 bits per heavy atom. The van der Waals surface area contributed by atoms with Gasteiger partial charge in [-0.25, -0.2) is 0 Å². The molecule has 3 N–H and O–H groups in total. The monoisotopic (exact) mass is 274 g/mol. The second kappa shape index (κ2) is 6.32. The summed E-state index contributed by atoms with van der Waals surface area (Å²) >= 11 is 0. The normalized spacial score (nSPS) is 10.8. The van der Waals surface area contributed by atoms with Gasteiger partial charge in [-0.15, -0.1) is 0 Å². The van der Waals surface area contributed by atoms with Gasteiger partial charge in [0.1, 0.15) is 5.75 Å². The number of nitrogen functional groups attached to an aromatic ring is 1. The van der Waals surface area contributed by atoms with Crippen LogP contribution < -0.4 is 15.8 Å². The SMILES string of the molecule is CC(C)Oc1cc(NCCc2cnn(C)c2)ccc1N. The highest BCUT2D eigenvalue weighted by atomic mass is 16.5. The first-order chi connectivity index (χ1) is 9.54. The second-order valence-corrected chi connectivity index (χ2v) is 5.12. The van der Waals surface area contributed by atoms with Crippen LogP contribution in [0.25, 0.3) is 0 Å². The highest BCUT2D eigenvalue weighted by Gasteiger charge is 2.04. The zero-order valence-corrected chi connectivity index (χ0v) is 12.3. The number of hydrogen-bond donors (Lipinski definition) is 2. The third-order valence-corrected chi connectivity index (χ3v) is 2.88. The molecular weight excluding hydrogens is 252 g/mol. The summed E-state index contributed by atoms with van der Waals surface area (Å²) in [7, 11) is 1.92. The summed E-state index contributed by atoms with van der Waals surface area (Å²) in [6, 6.07) is 5.77. The van der Waals surface area contributed by atoms with E-state index in [4.69, 9.17) is 10.5 Å². The summed E-state index contributed by atoms with van der Waals surface area (Å²) in [5.41, 5.74) is 8.79. The fourth-order valence-electron chi connectivity index (χ4n) is 1.95. The molecule has 5 nitrogen and oxygen atoms in total. The molecule has 0 fully saturated rings. The number of benzene rings is 1. The van der Waals surface area contributed by atoms with Gasteiger partial charge < -0.3 is 15.8 Å². The number of anilines is 2. The largest absolute Gasteiger partial charge is 0.489 e. The summed E-state index contributed by atoms with van der Waals surface area (Å²) in [6.45, 7) is 4.82. The maximum Gasteiger partial charge on any atom is 0.144 e. The van der Waals surface area contributed by atoms with E-state index in [1.54, 1.807) is 0 Å². The lowest BCUT2D eigenvalue weighted by Crippen LogP contribution is -2.09. The van der Waals surface area contributed by atoms with E-state index in [0.717, 1.165) is 24.4 Å². The standard InChI is InChI=1S/C15H22N4O/c1-11(2)20-15-8-13(4-5-14(15)16)17-7-6-12-9-18-19(3)10-12/h4-5,8-11,17H,6-7,16H2,1-3H3. The van der Waals surface area contributed by atoms with Crippen molar-refractivity contribution >= 4 is 11.4 Å². The number of hydrogen-bond acceptors (Lipinski definition) is 4. The topological polar surface area (TPSA) is 65.1 Å². The number of aromatic nitrogens is 2. The van der Waals surface area contributed by atoms with Crippen LogP contribution in [0.3, 0.4) is 0 Å². The summed E-state index contributed by atoms with van der Waals surface area (Å²) in [5.74, 6) is 0.728. The molecule has 5 heteroatoms. The van der Waals surface area contributed by atoms with E-state index in [-0.39, 0.29) is 6.10 Å². The molecule has 2 aromatic rings. The number of nitrogens with zero attached hydrogens (tertiary/aromatic N) is 2. The predicted molar refractivity (Wildman–Crippen MR) is 82.0 cm³/mol. The Hall–Kier alpha value is -2.17. The average Bonchev–Trinajstić information content (AvgIpc) is 2.78. The summed E-state index contributed by atoms with van der Waals surface area (Å²) in [4.78, 5) is 0. The Bertz CT molecular complexity index is 563. The van der Waals surface area contributed by atoms with Crippen molar-refractivity contribution in [3.05, 3.63) is 36.2 Å². The highest BCUT2D eigenvalue weighted by molar-refractivity contribution is 5.61. The van der Waals surface area contributed by atoms with Crippen molar-refractivity contribution in [3.8, 4) is 5.75 Å². The van der Waals surface area contributed by atoms with Gasteiger partial charge in [0.25, 0.3) is 0 Å². The molecule has 0 aliphatic rings. The van der Waals surface area contributed by atoms with Crippen LogP contribution in [0.5, 0.6) is 5.75 Å². The molecule has 20 heavy (non-hydrogen) atoms. The molecule has 0 saturated carbocycles. The molecule has 2 rings (SSSR count). The molecule has 0 unspecified atom stereocenters. The zero-order chi connectivity index (χ0) is 14.5. The number of nitrogens with one attached hydrogen (secondary N) is 1. The van der Waals surface area contributed by atoms with Gasteiger partial charge in [0.05, 0.1) is 18.0 Å².